The number of thiophene rings is 1. The van der Waals surface area contributed by atoms with E-state index in [1.54, 1.807) is 0 Å². The van der Waals surface area contributed by atoms with E-state index in [4.69, 9.17) is 4.42 Å². The van der Waals surface area contributed by atoms with Gasteiger partial charge in [0.1, 0.15) is 11.2 Å². The van der Waals surface area contributed by atoms with Crippen LogP contribution in [0.2, 0.25) is 0 Å². The van der Waals surface area contributed by atoms with Gasteiger partial charge in [-0.25, -0.2) is 0 Å². The minimum atomic E-state index is 0.888. The molecular formula is C66H42N2OS. The highest BCUT2D eigenvalue weighted by molar-refractivity contribution is 7.26. The standard InChI is InChI=1S/C66H42N2OS/c1-3-13-45(14-4-1)53-19-11-21-57-60-42-48(32-40-63(60)69-65(53)57)44-27-35-51(36-28-44)67(52-37-29-46(30-38-52)54-20-12-22-58-56-18-8-10-24-64(56)70-66(54)58)50-33-25-43(26-34-50)47-31-39-62-59(41-47)55-17-7-9-23-61(55)68(62)49-15-5-2-6-16-49/h1-42H. The van der Waals surface area contributed by atoms with E-state index in [9.17, 15) is 0 Å². The third kappa shape index (κ3) is 6.64. The summed E-state index contributed by atoms with van der Waals surface area (Å²) in [6, 6.07) is 92.2. The number of aromatic nitrogens is 1. The molecule has 0 saturated heterocycles. The Labute approximate surface area is 409 Å². The summed E-state index contributed by atoms with van der Waals surface area (Å²) >= 11 is 1.87. The fraction of sp³-hybridized carbons (Fsp3) is 0. The number of furan rings is 1. The molecule has 4 heteroatoms. The Kier molecular flexibility index (Phi) is 9.39. The number of benzene rings is 11. The Morgan fingerprint density at radius 2 is 0.843 bits per heavy atom. The van der Waals surface area contributed by atoms with Crippen LogP contribution in [0.15, 0.2) is 259 Å². The van der Waals surface area contributed by atoms with Crippen LogP contribution in [0.4, 0.5) is 17.1 Å². The van der Waals surface area contributed by atoms with E-state index in [-0.39, 0.29) is 0 Å². The van der Waals surface area contributed by atoms with Crippen LogP contribution in [0.5, 0.6) is 0 Å². The number of fused-ring (bicyclic) bond motifs is 9. The van der Waals surface area contributed by atoms with Gasteiger partial charge >= 0.3 is 0 Å². The summed E-state index contributed by atoms with van der Waals surface area (Å²) in [5.74, 6) is 0. The summed E-state index contributed by atoms with van der Waals surface area (Å²) < 4.78 is 11.5. The molecule has 14 rings (SSSR count). The van der Waals surface area contributed by atoms with Crippen molar-refractivity contribution in [3.05, 3.63) is 255 Å². The molecular weight excluding hydrogens is 869 g/mol. The molecule has 0 radical (unpaired) electrons. The van der Waals surface area contributed by atoms with Crippen LogP contribution >= 0.6 is 11.3 Å². The molecule has 0 spiro atoms. The van der Waals surface area contributed by atoms with Crippen molar-refractivity contribution in [3.63, 3.8) is 0 Å². The first-order valence-electron chi connectivity index (χ1n) is 23.8. The van der Waals surface area contributed by atoms with E-state index >= 15 is 0 Å². The minimum absolute atomic E-state index is 0.888. The van der Waals surface area contributed by atoms with E-state index in [0.717, 1.165) is 66.9 Å². The third-order valence-electron chi connectivity index (χ3n) is 14.0. The van der Waals surface area contributed by atoms with Gasteiger partial charge in [-0.15, -0.1) is 11.3 Å². The van der Waals surface area contributed by atoms with Crippen molar-refractivity contribution in [2.75, 3.05) is 4.90 Å². The Morgan fingerprint density at radius 3 is 1.56 bits per heavy atom. The summed E-state index contributed by atoms with van der Waals surface area (Å²) in [6.07, 6.45) is 0. The van der Waals surface area contributed by atoms with Crippen molar-refractivity contribution in [1.82, 2.24) is 4.57 Å². The van der Waals surface area contributed by atoms with Crippen molar-refractivity contribution >= 4 is 92.3 Å². The van der Waals surface area contributed by atoms with Crippen LogP contribution < -0.4 is 4.90 Å². The van der Waals surface area contributed by atoms with Crippen LogP contribution in [0.25, 0.3) is 114 Å². The Balaban J connectivity index is 0.844. The molecule has 3 heterocycles. The molecule has 3 aromatic heterocycles. The number of rotatable bonds is 8. The lowest BCUT2D eigenvalue weighted by atomic mass is 9.99. The topological polar surface area (TPSA) is 21.3 Å². The zero-order valence-electron chi connectivity index (χ0n) is 38.0. The normalized spacial score (nSPS) is 11.7. The van der Waals surface area contributed by atoms with Gasteiger partial charge < -0.3 is 13.9 Å². The second-order valence-electron chi connectivity index (χ2n) is 18.0. The zero-order chi connectivity index (χ0) is 46.1. The minimum Gasteiger partial charge on any atom is -0.455 e. The Bertz CT molecular complexity index is 4260. The first kappa shape index (κ1) is 40.1. The molecule has 0 amide bonds. The smallest absolute Gasteiger partial charge is 0.143 e. The molecule has 328 valence electrons. The van der Waals surface area contributed by atoms with Crippen molar-refractivity contribution in [2.45, 2.75) is 0 Å². The molecule has 0 N–H and O–H groups in total. The number of nitrogens with zero attached hydrogens (tertiary/aromatic N) is 2. The summed E-state index contributed by atoms with van der Waals surface area (Å²) in [4.78, 5) is 2.37. The van der Waals surface area contributed by atoms with Gasteiger partial charge in [0, 0.05) is 70.0 Å². The van der Waals surface area contributed by atoms with E-state index in [2.05, 4.69) is 264 Å². The van der Waals surface area contributed by atoms with E-state index in [1.165, 1.54) is 64.2 Å². The van der Waals surface area contributed by atoms with Gasteiger partial charge in [0.2, 0.25) is 0 Å². The van der Waals surface area contributed by atoms with Crippen LogP contribution in [-0.4, -0.2) is 4.57 Å². The molecule has 0 atom stereocenters. The average molecular weight is 911 g/mol. The highest BCUT2D eigenvalue weighted by Crippen LogP contribution is 2.44. The first-order valence-corrected chi connectivity index (χ1v) is 24.6. The number of hydrogen-bond acceptors (Lipinski definition) is 3. The van der Waals surface area contributed by atoms with Crippen LogP contribution in [0.3, 0.4) is 0 Å². The maximum absolute atomic E-state index is 6.53. The molecule has 0 saturated carbocycles. The fourth-order valence-electron chi connectivity index (χ4n) is 10.6. The van der Waals surface area contributed by atoms with Gasteiger partial charge in [0.15, 0.2) is 0 Å². The number of anilines is 3. The number of hydrogen-bond donors (Lipinski definition) is 0. The molecule has 70 heavy (non-hydrogen) atoms. The Hall–Kier alpha value is -8.96. The lowest BCUT2D eigenvalue weighted by Crippen LogP contribution is -2.09. The average Bonchev–Trinajstić information content (AvgIpc) is 4.11. The molecule has 0 bridgehead atoms. The van der Waals surface area contributed by atoms with Crippen molar-refractivity contribution in [3.8, 4) is 50.2 Å². The van der Waals surface area contributed by atoms with E-state index in [1.807, 2.05) is 11.3 Å². The molecule has 14 aromatic rings. The van der Waals surface area contributed by atoms with Gasteiger partial charge in [0.25, 0.3) is 0 Å². The molecule has 0 fully saturated rings. The van der Waals surface area contributed by atoms with Gasteiger partial charge in [-0.2, -0.15) is 0 Å². The summed E-state index contributed by atoms with van der Waals surface area (Å²) in [5.41, 5.74) is 18.0. The lowest BCUT2D eigenvalue weighted by molar-refractivity contribution is 0.670. The van der Waals surface area contributed by atoms with Crippen LogP contribution in [0.1, 0.15) is 0 Å². The summed E-state index contributed by atoms with van der Waals surface area (Å²) in [6.45, 7) is 0. The highest BCUT2D eigenvalue weighted by atomic mass is 32.1. The van der Waals surface area contributed by atoms with Crippen molar-refractivity contribution in [1.29, 1.82) is 0 Å². The lowest BCUT2D eigenvalue weighted by Gasteiger charge is -2.26. The number of para-hydroxylation sites is 3. The summed E-state index contributed by atoms with van der Waals surface area (Å²) in [5, 5.41) is 7.34. The molecule has 11 aromatic carbocycles. The second-order valence-corrected chi connectivity index (χ2v) is 19.1. The largest absolute Gasteiger partial charge is 0.455 e. The first-order chi connectivity index (χ1) is 34.7. The van der Waals surface area contributed by atoms with Crippen LogP contribution in [0, 0.1) is 0 Å². The maximum Gasteiger partial charge on any atom is 0.143 e. The zero-order valence-corrected chi connectivity index (χ0v) is 38.8. The van der Waals surface area contributed by atoms with Gasteiger partial charge in [-0.3, -0.25) is 0 Å². The monoisotopic (exact) mass is 910 g/mol. The molecule has 0 aliphatic heterocycles. The highest BCUT2D eigenvalue weighted by Gasteiger charge is 2.18. The Morgan fingerprint density at radius 1 is 0.329 bits per heavy atom. The van der Waals surface area contributed by atoms with Gasteiger partial charge in [-0.05, 0) is 124 Å². The van der Waals surface area contributed by atoms with Crippen LogP contribution in [-0.2, 0) is 0 Å². The van der Waals surface area contributed by atoms with E-state index in [0.29, 0.717) is 0 Å². The van der Waals surface area contributed by atoms with Gasteiger partial charge in [-0.1, -0.05) is 170 Å². The predicted octanol–water partition coefficient (Wildman–Crippen LogP) is 19.2. The van der Waals surface area contributed by atoms with Gasteiger partial charge in [0.05, 0.1) is 11.0 Å². The van der Waals surface area contributed by atoms with Crippen molar-refractivity contribution in [2.24, 2.45) is 0 Å². The molecule has 0 aliphatic carbocycles. The SMILES string of the molecule is c1ccc(-c2cccc3c2oc2ccc(-c4ccc(N(c5ccc(-c6ccc7c(c6)c6ccccc6n7-c6ccccc6)cc5)c5ccc(-c6cccc7c6sc6ccccc67)cc5)cc4)cc23)cc1. The predicted molar refractivity (Wildman–Crippen MR) is 297 cm³/mol. The molecule has 0 aliphatic rings. The van der Waals surface area contributed by atoms with E-state index < -0.39 is 0 Å². The summed E-state index contributed by atoms with van der Waals surface area (Å²) in [7, 11) is 0. The second kappa shape index (κ2) is 16.4. The van der Waals surface area contributed by atoms with Crippen molar-refractivity contribution < 1.29 is 4.42 Å². The molecule has 0 unspecified atom stereocenters. The quantitative estimate of drug-likeness (QED) is 0.151. The third-order valence-corrected chi connectivity index (χ3v) is 15.2. The fourth-order valence-corrected chi connectivity index (χ4v) is 11.9. The molecule has 3 nitrogen and oxygen atoms in total. The maximum atomic E-state index is 6.53.